The van der Waals surface area contributed by atoms with E-state index in [-0.39, 0.29) is 17.9 Å². The number of carbonyl (C=O) groups excluding carboxylic acids is 1. The molecule has 0 unspecified atom stereocenters. The van der Waals surface area contributed by atoms with Gasteiger partial charge in [0.05, 0.1) is 19.1 Å². The second-order valence-corrected chi connectivity index (χ2v) is 6.21. The van der Waals surface area contributed by atoms with Gasteiger partial charge < -0.3 is 10.1 Å². The molecule has 0 fully saturated rings. The highest BCUT2D eigenvalue weighted by atomic mass is 16.5. The van der Waals surface area contributed by atoms with Gasteiger partial charge in [0.1, 0.15) is 5.75 Å². The predicted octanol–water partition coefficient (Wildman–Crippen LogP) is 4.22. The van der Waals surface area contributed by atoms with E-state index in [1.807, 2.05) is 56.3 Å². The van der Waals surface area contributed by atoms with Crippen molar-refractivity contribution in [1.29, 1.82) is 0 Å². The Morgan fingerprint density at radius 1 is 0.960 bits per heavy atom. The molecule has 0 aliphatic heterocycles. The first kappa shape index (κ1) is 17.0. The average molecular weight is 334 g/mol. The van der Waals surface area contributed by atoms with E-state index in [1.165, 1.54) is 0 Å². The summed E-state index contributed by atoms with van der Waals surface area (Å²) in [6.07, 6.45) is 3.47. The zero-order valence-corrected chi connectivity index (χ0v) is 14.7. The highest BCUT2D eigenvalue weighted by Crippen LogP contribution is 2.25. The maximum absolute atomic E-state index is 12.6. The van der Waals surface area contributed by atoms with Crippen LogP contribution in [-0.4, -0.2) is 18.0 Å². The molecule has 1 N–H and O–H groups in total. The van der Waals surface area contributed by atoms with Crippen molar-refractivity contribution >= 4 is 16.7 Å². The van der Waals surface area contributed by atoms with E-state index in [0.717, 1.165) is 27.6 Å². The molecule has 128 valence electrons. The molecule has 3 aromatic rings. The van der Waals surface area contributed by atoms with Crippen molar-refractivity contribution in [3.8, 4) is 5.75 Å². The minimum absolute atomic E-state index is 0.0113. The van der Waals surface area contributed by atoms with E-state index in [0.29, 0.717) is 0 Å². The Hall–Kier alpha value is -2.88. The van der Waals surface area contributed by atoms with Crippen LogP contribution in [0.15, 0.2) is 60.9 Å². The Morgan fingerprint density at radius 3 is 2.36 bits per heavy atom. The summed E-state index contributed by atoms with van der Waals surface area (Å²) in [6.45, 7) is 3.91. The Kier molecular flexibility index (Phi) is 4.98. The number of nitrogens with zero attached hydrogens (tertiary/aromatic N) is 1. The first-order valence-corrected chi connectivity index (χ1v) is 8.36. The quantitative estimate of drug-likeness (QED) is 0.760. The van der Waals surface area contributed by atoms with Crippen LogP contribution in [0, 0.1) is 0 Å². The predicted molar refractivity (Wildman–Crippen MR) is 99.7 cm³/mol. The molecule has 0 saturated heterocycles. The number of aromatic nitrogens is 1. The lowest BCUT2D eigenvalue weighted by atomic mass is 9.96. The van der Waals surface area contributed by atoms with Crippen LogP contribution in [0.2, 0.25) is 0 Å². The standard InChI is InChI=1S/C21H22N2O2/c1-14(21(24)23-15(2)16-8-10-22-11-9-16)17-4-5-19-13-20(25-3)7-6-18(19)12-17/h4-15H,1-3H3,(H,23,24)/t14-,15-/m1/s1. The lowest BCUT2D eigenvalue weighted by Gasteiger charge is -2.18. The minimum atomic E-state index is -0.226. The second kappa shape index (κ2) is 7.34. The van der Waals surface area contributed by atoms with Gasteiger partial charge in [0.25, 0.3) is 0 Å². The van der Waals surface area contributed by atoms with Crippen molar-refractivity contribution in [2.45, 2.75) is 25.8 Å². The van der Waals surface area contributed by atoms with E-state index in [2.05, 4.69) is 16.4 Å². The molecule has 0 aliphatic rings. The fourth-order valence-corrected chi connectivity index (χ4v) is 2.86. The molecule has 0 radical (unpaired) electrons. The highest BCUT2D eigenvalue weighted by Gasteiger charge is 2.18. The third-order valence-electron chi connectivity index (χ3n) is 4.53. The largest absolute Gasteiger partial charge is 0.497 e. The molecule has 0 saturated carbocycles. The molecule has 0 aliphatic carbocycles. The lowest BCUT2D eigenvalue weighted by Crippen LogP contribution is -2.30. The SMILES string of the molecule is COc1ccc2cc([C@@H](C)C(=O)N[C@H](C)c3ccncc3)ccc2c1. The number of fused-ring (bicyclic) bond motifs is 1. The Bertz CT molecular complexity index is 877. The number of benzene rings is 2. The Morgan fingerprint density at radius 2 is 1.64 bits per heavy atom. The van der Waals surface area contributed by atoms with Crippen molar-refractivity contribution in [1.82, 2.24) is 10.3 Å². The maximum atomic E-state index is 12.6. The van der Waals surface area contributed by atoms with Gasteiger partial charge in [-0.2, -0.15) is 0 Å². The van der Waals surface area contributed by atoms with Crippen LogP contribution >= 0.6 is 0 Å². The Balaban J connectivity index is 1.76. The van der Waals surface area contributed by atoms with Crippen LogP contribution in [0.1, 0.15) is 36.9 Å². The van der Waals surface area contributed by atoms with Gasteiger partial charge in [0, 0.05) is 12.4 Å². The first-order chi connectivity index (χ1) is 12.1. The summed E-state index contributed by atoms with van der Waals surface area (Å²) in [5.41, 5.74) is 2.04. The minimum Gasteiger partial charge on any atom is -0.497 e. The molecule has 4 nitrogen and oxygen atoms in total. The van der Waals surface area contributed by atoms with Crippen LogP contribution < -0.4 is 10.1 Å². The van der Waals surface area contributed by atoms with Crippen molar-refractivity contribution in [3.05, 3.63) is 72.1 Å². The summed E-state index contributed by atoms with van der Waals surface area (Å²) in [6, 6.07) is 15.8. The molecule has 2 aromatic carbocycles. The number of methoxy groups -OCH3 is 1. The molecule has 0 spiro atoms. The van der Waals surface area contributed by atoms with Crippen LogP contribution in [-0.2, 0) is 4.79 Å². The second-order valence-electron chi connectivity index (χ2n) is 6.21. The maximum Gasteiger partial charge on any atom is 0.227 e. The number of carbonyl (C=O) groups is 1. The van der Waals surface area contributed by atoms with E-state index >= 15 is 0 Å². The van der Waals surface area contributed by atoms with E-state index in [9.17, 15) is 4.79 Å². The van der Waals surface area contributed by atoms with Crippen LogP contribution in [0.3, 0.4) is 0 Å². The van der Waals surface area contributed by atoms with Gasteiger partial charge >= 0.3 is 0 Å². The fraction of sp³-hybridized carbons (Fsp3) is 0.238. The van der Waals surface area contributed by atoms with Crippen molar-refractivity contribution in [2.24, 2.45) is 0 Å². The van der Waals surface area contributed by atoms with Gasteiger partial charge in [0.2, 0.25) is 5.91 Å². The molecule has 3 rings (SSSR count). The van der Waals surface area contributed by atoms with E-state index in [4.69, 9.17) is 4.74 Å². The van der Waals surface area contributed by atoms with E-state index in [1.54, 1.807) is 19.5 Å². The van der Waals surface area contributed by atoms with Crippen LogP contribution in [0.5, 0.6) is 5.75 Å². The van der Waals surface area contributed by atoms with Gasteiger partial charge in [-0.25, -0.2) is 0 Å². The topological polar surface area (TPSA) is 51.2 Å². The zero-order chi connectivity index (χ0) is 17.8. The number of ether oxygens (including phenoxy) is 1. The van der Waals surface area contributed by atoms with Gasteiger partial charge in [-0.05, 0) is 60.0 Å². The summed E-state index contributed by atoms with van der Waals surface area (Å²) in [4.78, 5) is 16.6. The third kappa shape index (κ3) is 3.79. The molecule has 1 amide bonds. The molecule has 1 aromatic heterocycles. The lowest BCUT2D eigenvalue weighted by molar-refractivity contribution is -0.122. The number of hydrogen-bond donors (Lipinski definition) is 1. The monoisotopic (exact) mass is 334 g/mol. The van der Waals surface area contributed by atoms with Gasteiger partial charge in [-0.15, -0.1) is 0 Å². The van der Waals surface area contributed by atoms with Crippen LogP contribution in [0.25, 0.3) is 10.8 Å². The summed E-state index contributed by atoms with van der Waals surface area (Å²) in [5, 5.41) is 5.27. The number of pyridine rings is 1. The highest BCUT2D eigenvalue weighted by molar-refractivity contribution is 5.88. The normalized spacial score (nSPS) is 13.2. The number of hydrogen-bond acceptors (Lipinski definition) is 3. The van der Waals surface area contributed by atoms with Crippen LogP contribution in [0.4, 0.5) is 0 Å². The molecule has 4 heteroatoms. The van der Waals surface area contributed by atoms with Crippen molar-refractivity contribution in [3.63, 3.8) is 0 Å². The summed E-state index contributed by atoms with van der Waals surface area (Å²) in [7, 11) is 1.66. The molecular formula is C21H22N2O2. The fourth-order valence-electron chi connectivity index (χ4n) is 2.86. The van der Waals surface area contributed by atoms with E-state index < -0.39 is 0 Å². The van der Waals surface area contributed by atoms with Gasteiger partial charge in [-0.3, -0.25) is 9.78 Å². The summed E-state index contributed by atoms with van der Waals surface area (Å²) >= 11 is 0. The van der Waals surface area contributed by atoms with Gasteiger partial charge in [-0.1, -0.05) is 24.3 Å². The Labute approximate surface area is 147 Å². The zero-order valence-electron chi connectivity index (χ0n) is 14.7. The summed E-state index contributed by atoms with van der Waals surface area (Å²) in [5.74, 6) is 0.616. The average Bonchev–Trinajstić information content (AvgIpc) is 2.67. The molecular weight excluding hydrogens is 312 g/mol. The molecule has 1 heterocycles. The number of nitrogens with one attached hydrogen (secondary N) is 1. The number of rotatable bonds is 5. The molecule has 25 heavy (non-hydrogen) atoms. The molecule has 2 atom stereocenters. The van der Waals surface area contributed by atoms with Gasteiger partial charge in [0.15, 0.2) is 0 Å². The number of amides is 1. The first-order valence-electron chi connectivity index (χ1n) is 8.36. The third-order valence-corrected chi connectivity index (χ3v) is 4.53. The summed E-state index contributed by atoms with van der Waals surface area (Å²) < 4.78 is 5.26. The molecule has 0 bridgehead atoms. The van der Waals surface area contributed by atoms with Crippen molar-refractivity contribution in [2.75, 3.05) is 7.11 Å². The van der Waals surface area contributed by atoms with Crippen molar-refractivity contribution < 1.29 is 9.53 Å². The smallest absolute Gasteiger partial charge is 0.227 e.